The van der Waals surface area contributed by atoms with Gasteiger partial charge in [-0.1, -0.05) is 6.07 Å². The smallest absolute Gasteiger partial charge is 0.147 e. The molecule has 0 amide bonds. The number of hydrogen-bond donors (Lipinski definition) is 1. The number of methoxy groups -OCH3 is 1. The number of aromatic nitrogens is 2. The van der Waals surface area contributed by atoms with Gasteiger partial charge in [0, 0.05) is 24.0 Å². The third-order valence-electron chi connectivity index (χ3n) is 3.14. The van der Waals surface area contributed by atoms with Crippen LogP contribution in [0, 0.1) is 0 Å². The van der Waals surface area contributed by atoms with E-state index in [0.717, 1.165) is 27.6 Å². The summed E-state index contributed by atoms with van der Waals surface area (Å²) in [5, 5.41) is 2.16. The van der Waals surface area contributed by atoms with Gasteiger partial charge in [0.15, 0.2) is 0 Å². The minimum absolute atomic E-state index is 0.545. The minimum atomic E-state index is 0.545. The molecule has 0 aliphatic rings. The summed E-state index contributed by atoms with van der Waals surface area (Å²) in [6.45, 7) is 0. The van der Waals surface area contributed by atoms with E-state index >= 15 is 0 Å². The highest BCUT2D eigenvalue weighted by molar-refractivity contribution is 6.13. The summed E-state index contributed by atoms with van der Waals surface area (Å²) >= 11 is 0. The van der Waals surface area contributed by atoms with Crippen molar-refractivity contribution in [3.8, 4) is 5.75 Å². The number of benzene rings is 1. The zero-order valence-electron chi connectivity index (χ0n) is 9.77. The van der Waals surface area contributed by atoms with Crippen LogP contribution < -0.4 is 10.5 Å². The number of nitrogens with two attached hydrogens (primary N) is 1. The van der Waals surface area contributed by atoms with Crippen molar-refractivity contribution >= 4 is 27.6 Å². The second-order valence-corrected chi connectivity index (χ2v) is 4.01. The van der Waals surface area contributed by atoms with Gasteiger partial charge in [0.25, 0.3) is 0 Å². The Balaban J connectivity index is 2.64. The summed E-state index contributed by atoms with van der Waals surface area (Å²) in [5.74, 6) is 1.40. The number of hydrogen-bond acceptors (Lipinski definition) is 3. The molecule has 0 radical (unpaired) electrons. The van der Waals surface area contributed by atoms with Gasteiger partial charge in [0.05, 0.1) is 18.1 Å². The summed E-state index contributed by atoms with van der Waals surface area (Å²) in [5.41, 5.74) is 7.99. The first-order valence-corrected chi connectivity index (χ1v) is 5.39. The van der Waals surface area contributed by atoms with Gasteiger partial charge in [-0.3, -0.25) is 0 Å². The van der Waals surface area contributed by atoms with Crippen LogP contribution in [0.5, 0.6) is 5.75 Å². The molecule has 0 aliphatic carbocycles. The second kappa shape index (κ2) is 3.38. The van der Waals surface area contributed by atoms with Crippen molar-refractivity contribution in [2.24, 2.45) is 7.05 Å². The molecule has 17 heavy (non-hydrogen) atoms. The quantitative estimate of drug-likeness (QED) is 0.694. The van der Waals surface area contributed by atoms with Crippen molar-refractivity contribution in [3.63, 3.8) is 0 Å². The molecule has 3 rings (SSSR count). The molecule has 1 aromatic carbocycles. The van der Waals surface area contributed by atoms with Gasteiger partial charge in [-0.2, -0.15) is 0 Å². The van der Waals surface area contributed by atoms with Crippen molar-refractivity contribution in [2.75, 3.05) is 12.8 Å². The first kappa shape index (κ1) is 9.96. The largest absolute Gasteiger partial charge is 0.496 e. The number of aryl methyl sites for hydroxylation is 1. The van der Waals surface area contributed by atoms with Gasteiger partial charge in [-0.15, -0.1) is 0 Å². The monoisotopic (exact) mass is 227 g/mol. The van der Waals surface area contributed by atoms with Crippen LogP contribution in [-0.4, -0.2) is 16.7 Å². The van der Waals surface area contributed by atoms with Gasteiger partial charge < -0.3 is 15.0 Å². The molecule has 0 bridgehead atoms. The first-order chi connectivity index (χ1) is 8.24. The number of rotatable bonds is 1. The maximum Gasteiger partial charge on any atom is 0.147 e. The number of ether oxygens (including phenoxy) is 1. The molecular weight excluding hydrogens is 214 g/mol. The van der Waals surface area contributed by atoms with E-state index in [1.54, 1.807) is 13.3 Å². The molecule has 2 aromatic heterocycles. The molecule has 2 heterocycles. The third-order valence-corrected chi connectivity index (χ3v) is 3.14. The van der Waals surface area contributed by atoms with Gasteiger partial charge in [0.2, 0.25) is 0 Å². The summed E-state index contributed by atoms with van der Waals surface area (Å²) in [4.78, 5) is 4.14. The van der Waals surface area contributed by atoms with E-state index in [1.165, 1.54) is 0 Å². The van der Waals surface area contributed by atoms with Crippen molar-refractivity contribution in [1.29, 1.82) is 0 Å². The zero-order valence-corrected chi connectivity index (χ0v) is 9.77. The number of nitrogen functional groups attached to an aromatic ring is 1. The van der Waals surface area contributed by atoms with Crippen molar-refractivity contribution in [2.45, 2.75) is 0 Å². The lowest BCUT2D eigenvalue weighted by Crippen LogP contribution is -1.95. The molecule has 86 valence electrons. The maximum atomic E-state index is 5.94. The molecule has 2 N–H and O–H groups in total. The van der Waals surface area contributed by atoms with Crippen LogP contribution in [0.15, 0.2) is 30.5 Å². The topological polar surface area (TPSA) is 53.1 Å². The van der Waals surface area contributed by atoms with Crippen molar-refractivity contribution in [3.05, 3.63) is 30.5 Å². The van der Waals surface area contributed by atoms with E-state index < -0.39 is 0 Å². The van der Waals surface area contributed by atoms with E-state index in [0.29, 0.717) is 5.82 Å². The average molecular weight is 227 g/mol. The number of anilines is 1. The first-order valence-electron chi connectivity index (χ1n) is 5.39. The fourth-order valence-corrected chi connectivity index (χ4v) is 2.38. The van der Waals surface area contributed by atoms with E-state index in [2.05, 4.69) is 15.6 Å². The highest BCUT2D eigenvalue weighted by atomic mass is 16.5. The van der Waals surface area contributed by atoms with E-state index in [9.17, 15) is 0 Å². The highest BCUT2D eigenvalue weighted by Gasteiger charge is 2.14. The van der Waals surface area contributed by atoms with Crippen molar-refractivity contribution in [1.82, 2.24) is 9.55 Å². The fourth-order valence-electron chi connectivity index (χ4n) is 2.38. The van der Waals surface area contributed by atoms with Gasteiger partial charge in [0.1, 0.15) is 11.6 Å². The Morgan fingerprint density at radius 3 is 2.88 bits per heavy atom. The molecular formula is C13H13N3O. The number of fused-ring (bicyclic) bond motifs is 3. The second-order valence-electron chi connectivity index (χ2n) is 4.01. The summed E-state index contributed by atoms with van der Waals surface area (Å²) in [6, 6.07) is 7.95. The van der Waals surface area contributed by atoms with Crippen LogP contribution >= 0.6 is 0 Å². The fraction of sp³-hybridized carbons (Fsp3) is 0.154. The van der Waals surface area contributed by atoms with E-state index in [-0.39, 0.29) is 0 Å². The van der Waals surface area contributed by atoms with E-state index in [1.807, 2.05) is 25.2 Å². The molecule has 0 saturated heterocycles. The van der Waals surface area contributed by atoms with Crippen LogP contribution in [0.3, 0.4) is 0 Å². The normalized spacial score (nSPS) is 11.2. The Morgan fingerprint density at radius 2 is 2.12 bits per heavy atom. The Hall–Kier alpha value is -2.23. The van der Waals surface area contributed by atoms with Crippen LogP contribution in [0.25, 0.3) is 21.8 Å². The molecule has 0 aliphatic heterocycles. The molecule has 0 fully saturated rings. The Bertz CT molecular complexity index is 715. The van der Waals surface area contributed by atoms with Gasteiger partial charge in [-0.25, -0.2) is 4.98 Å². The predicted octanol–water partition coefficient (Wildman–Crippen LogP) is 2.32. The van der Waals surface area contributed by atoms with Crippen LogP contribution in [-0.2, 0) is 7.05 Å². The van der Waals surface area contributed by atoms with Crippen LogP contribution in [0.1, 0.15) is 0 Å². The maximum absolute atomic E-state index is 5.94. The lowest BCUT2D eigenvalue weighted by molar-refractivity contribution is 0.420. The predicted molar refractivity (Wildman–Crippen MR) is 69.2 cm³/mol. The molecule has 4 heteroatoms. The van der Waals surface area contributed by atoms with Crippen LogP contribution in [0.2, 0.25) is 0 Å². The molecule has 3 aromatic rings. The number of nitrogens with zero attached hydrogens (tertiary/aromatic N) is 2. The molecule has 0 atom stereocenters. The Morgan fingerprint density at radius 1 is 1.29 bits per heavy atom. The summed E-state index contributed by atoms with van der Waals surface area (Å²) in [6.07, 6.45) is 1.73. The molecule has 4 nitrogen and oxygen atoms in total. The Labute approximate surface area is 98.6 Å². The Kier molecular flexibility index (Phi) is 1.98. The van der Waals surface area contributed by atoms with Crippen molar-refractivity contribution < 1.29 is 4.74 Å². The molecule has 0 unspecified atom stereocenters. The van der Waals surface area contributed by atoms with Gasteiger partial charge >= 0.3 is 0 Å². The van der Waals surface area contributed by atoms with Gasteiger partial charge in [-0.05, 0) is 18.2 Å². The molecule has 0 spiro atoms. The third kappa shape index (κ3) is 1.21. The average Bonchev–Trinajstić information content (AvgIpc) is 2.65. The van der Waals surface area contributed by atoms with E-state index in [4.69, 9.17) is 10.5 Å². The standard InChI is InChI=1S/C13H13N3O/c1-16-9-4-3-5-10(17-2)11(9)8-6-7-15-13(14)12(8)16/h3-7H,1-2H3,(H2,14,15). The highest BCUT2D eigenvalue weighted by Crippen LogP contribution is 2.36. The summed E-state index contributed by atoms with van der Waals surface area (Å²) in [7, 11) is 3.67. The summed E-state index contributed by atoms with van der Waals surface area (Å²) < 4.78 is 7.47. The lowest BCUT2D eigenvalue weighted by atomic mass is 10.1. The zero-order chi connectivity index (χ0) is 12.0. The van der Waals surface area contributed by atoms with Crippen LogP contribution in [0.4, 0.5) is 5.82 Å². The molecule has 0 saturated carbocycles. The SMILES string of the molecule is COc1cccc2c1c1ccnc(N)c1n2C. The lowest BCUT2D eigenvalue weighted by Gasteiger charge is -2.01. The number of pyridine rings is 1. The minimum Gasteiger partial charge on any atom is -0.496 e.